The van der Waals surface area contributed by atoms with Gasteiger partial charge in [-0.2, -0.15) is 0 Å². The zero-order valence-electron chi connectivity index (χ0n) is 11.5. The fraction of sp³-hybridized carbons (Fsp3) is 0.444. The third-order valence-corrected chi connectivity index (χ3v) is 4.32. The minimum Gasteiger partial charge on any atom is -0.299 e. The second kappa shape index (κ2) is 6.21. The monoisotopic (exact) mass is 253 g/mol. The van der Waals surface area contributed by atoms with Crippen LogP contribution in [0.3, 0.4) is 0 Å². The topological polar surface area (TPSA) is 3.24 Å². The van der Waals surface area contributed by atoms with Gasteiger partial charge < -0.3 is 0 Å². The molecule has 2 aliphatic rings. The lowest BCUT2D eigenvalue weighted by Crippen LogP contribution is -2.20. The summed E-state index contributed by atoms with van der Waals surface area (Å²) in [5, 5.41) is 0. The predicted octanol–water partition coefficient (Wildman–Crippen LogP) is 4.03. The average molecular weight is 253 g/mol. The highest BCUT2D eigenvalue weighted by atomic mass is 15.1. The standard InChI is InChI=1S/C18H23N/c1-3-7-16(8-4-1)13-18-11-12-19(15-18)14-17-9-5-2-6-10-17/h1-7,9-10,16,18H,8,11-15H2/t16?,18-/m0/s1. The SMILES string of the molecule is C1=CCC(C[C@@H]2CCN(Cc3ccccc3)C2)C=C1. The molecule has 0 spiro atoms. The van der Waals surface area contributed by atoms with Crippen molar-refractivity contribution in [3.63, 3.8) is 0 Å². The maximum absolute atomic E-state index is 2.61. The summed E-state index contributed by atoms with van der Waals surface area (Å²) in [4.78, 5) is 2.61. The molecule has 19 heavy (non-hydrogen) atoms. The second-order valence-corrected chi connectivity index (χ2v) is 5.92. The van der Waals surface area contributed by atoms with Gasteiger partial charge in [-0.15, -0.1) is 0 Å². The van der Waals surface area contributed by atoms with Crippen LogP contribution in [0.2, 0.25) is 0 Å². The minimum absolute atomic E-state index is 0.784. The van der Waals surface area contributed by atoms with Gasteiger partial charge in [-0.05, 0) is 43.2 Å². The molecule has 0 saturated carbocycles. The molecule has 0 amide bonds. The molecule has 1 nitrogen and oxygen atoms in total. The summed E-state index contributed by atoms with van der Waals surface area (Å²) in [6.45, 7) is 3.67. The summed E-state index contributed by atoms with van der Waals surface area (Å²) in [7, 11) is 0. The van der Waals surface area contributed by atoms with Crippen LogP contribution in [-0.2, 0) is 6.54 Å². The smallest absolute Gasteiger partial charge is 0.0233 e. The Morgan fingerprint density at radius 2 is 2.00 bits per heavy atom. The van der Waals surface area contributed by atoms with Crippen LogP contribution in [0.25, 0.3) is 0 Å². The van der Waals surface area contributed by atoms with Gasteiger partial charge in [-0.1, -0.05) is 54.6 Å². The van der Waals surface area contributed by atoms with Gasteiger partial charge in [0.1, 0.15) is 0 Å². The van der Waals surface area contributed by atoms with Crippen molar-refractivity contribution in [1.29, 1.82) is 0 Å². The highest BCUT2D eigenvalue weighted by Gasteiger charge is 2.24. The van der Waals surface area contributed by atoms with Crippen molar-refractivity contribution >= 4 is 0 Å². The molecule has 1 aliphatic heterocycles. The van der Waals surface area contributed by atoms with E-state index in [1.54, 1.807) is 0 Å². The molecule has 1 aliphatic carbocycles. The lowest BCUT2D eigenvalue weighted by molar-refractivity contribution is 0.306. The lowest BCUT2D eigenvalue weighted by Gasteiger charge is -2.19. The van der Waals surface area contributed by atoms with Crippen molar-refractivity contribution in [2.45, 2.75) is 25.8 Å². The number of hydrogen-bond acceptors (Lipinski definition) is 1. The van der Waals surface area contributed by atoms with Crippen LogP contribution in [0.4, 0.5) is 0 Å². The van der Waals surface area contributed by atoms with Crippen LogP contribution in [0, 0.1) is 11.8 Å². The molecule has 1 saturated heterocycles. The number of nitrogens with zero attached hydrogens (tertiary/aromatic N) is 1. The second-order valence-electron chi connectivity index (χ2n) is 5.92. The molecule has 1 aromatic carbocycles. The fourth-order valence-corrected chi connectivity index (χ4v) is 3.33. The molecule has 2 atom stereocenters. The number of benzene rings is 1. The van der Waals surface area contributed by atoms with E-state index in [0.29, 0.717) is 0 Å². The molecular formula is C18H23N. The first kappa shape index (κ1) is 12.7. The maximum Gasteiger partial charge on any atom is 0.0233 e. The summed E-state index contributed by atoms with van der Waals surface area (Å²) in [5.74, 6) is 1.68. The van der Waals surface area contributed by atoms with Crippen molar-refractivity contribution in [3.8, 4) is 0 Å². The molecule has 0 radical (unpaired) electrons. The largest absolute Gasteiger partial charge is 0.299 e. The lowest BCUT2D eigenvalue weighted by atomic mass is 9.89. The molecule has 3 rings (SSSR count). The van der Waals surface area contributed by atoms with Gasteiger partial charge >= 0.3 is 0 Å². The summed E-state index contributed by atoms with van der Waals surface area (Å²) in [5.41, 5.74) is 1.45. The first-order valence-corrected chi connectivity index (χ1v) is 7.50. The summed E-state index contributed by atoms with van der Waals surface area (Å²) in [6.07, 6.45) is 13.1. The number of hydrogen-bond donors (Lipinski definition) is 0. The van der Waals surface area contributed by atoms with Crippen LogP contribution in [0.1, 0.15) is 24.8 Å². The number of allylic oxidation sites excluding steroid dienone is 4. The van der Waals surface area contributed by atoms with Crippen LogP contribution < -0.4 is 0 Å². The summed E-state index contributed by atoms with van der Waals surface area (Å²) in [6, 6.07) is 10.9. The molecule has 1 unspecified atom stereocenters. The van der Waals surface area contributed by atoms with Crippen LogP contribution in [0.15, 0.2) is 54.6 Å². The van der Waals surface area contributed by atoms with Crippen molar-refractivity contribution in [2.24, 2.45) is 11.8 Å². The van der Waals surface area contributed by atoms with E-state index in [9.17, 15) is 0 Å². The van der Waals surface area contributed by atoms with Crippen LogP contribution >= 0.6 is 0 Å². The van der Waals surface area contributed by atoms with Crippen molar-refractivity contribution < 1.29 is 0 Å². The van der Waals surface area contributed by atoms with Crippen molar-refractivity contribution in [3.05, 3.63) is 60.2 Å². The van der Waals surface area contributed by atoms with Gasteiger partial charge in [0, 0.05) is 13.1 Å². The molecule has 1 aromatic rings. The van der Waals surface area contributed by atoms with Gasteiger partial charge in [0.05, 0.1) is 0 Å². The van der Waals surface area contributed by atoms with E-state index in [0.717, 1.165) is 18.4 Å². The Balaban J connectivity index is 1.47. The Labute approximate surface area is 116 Å². The molecule has 1 heterocycles. The van der Waals surface area contributed by atoms with Crippen LogP contribution in [0.5, 0.6) is 0 Å². The van der Waals surface area contributed by atoms with Gasteiger partial charge in [-0.3, -0.25) is 4.90 Å². The Bertz CT molecular complexity index is 446. The quantitative estimate of drug-likeness (QED) is 0.783. The fourth-order valence-electron chi connectivity index (χ4n) is 3.33. The van der Waals surface area contributed by atoms with Gasteiger partial charge in [0.15, 0.2) is 0 Å². The van der Waals surface area contributed by atoms with E-state index in [1.807, 2.05) is 0 Å². The van der Waals surface area contributed by atoms with Gasteiger partial charge in [0.2, 0.25) is 0 Å². The third-order valence-electron chi connectivity index (χ3n) is 4.32. The molecule has 0 bridgehead atoms. The minimum atomic E-state index is 0.784. The first-order chi connectivity index (χ1) is 9.40. The average Bonchev–Trinajstić information content (AvgIpc) is 2.88. The Morgan fingerprint density at radius 3 is 2.79 bits per heavy atom. The predicted molar refractivity (Wildman–Crippen MR) is 80.8 cm³/mol. The molecule has 100 valence electrons. The molecule has 1 fully saturated rings. The third kappa shape index (κ3) is 3.57. The normalized spacial score (nSPS) is 26.9. The van der Waals surface area contributed by atoms with E-state index >= 15 is 0 Å². The number of likely N-dealkylation sites (tertiary alicyclic amines) is 1. The first-order valence-electron chi connectivity index (χ1n) is 7.50. The Morgan fingerprint density at radius 1 is 1.11 bits per heavy atom. The van der Waals surface area contributed by atoms with E-state index < -0.39 is 0 Å². The van der Waals surface area contributed by atoms with Crippen molar-refractivity contribution in [2.75, 3.05) is 13.1 Å². The van der Waals surface area contributed by atoms with E-state index in [4.69, 9.17) is 0 Å². The Kier molecular flexibility index (Phi) is 4.14. The molecule has 1 heteroatoms. The van der Waals surface area contributed by atoms with Crippen LogP contribution in [-0.4, -0.2) is 18.0 Å². The zero-order chi connectivity index (χ0) is 12.9. The maximum atomic E-state index is 2.61. The zero-order valence-corrected chi connectivity index (χ0v) is 11.5. The molecular weight excluding hydrogens is 230 g/mol. The van der Waals surface area contributed by atoms with E-state index in [1.165, 1.54) is 37.9 Å². The van der Waals surface area contributed by atoms with Gasteiger partial charge in [-0.25, -0.2) is 0 Å². The Hall–Kier alpha value is -1.34. The highest BCUT2D eigenvalue weighted by Crippen LogP contribution is 2.28. The van der Waals surface area contributed by atoms with Crippen molar-refractivity contribution in [1.82, 2.24) is 4.90 Å². The molecule has 0 N–H and O–H groups in total. The summed E-state index contributed by atoms with van der Waals surface area (Å²) < 4.78 is 0. The van der Waals surface area contributed by atoms with Gasteiger partial charge in [0.25, 0.3) is 0 Å². The van der Waals surface area contributed by atoms with E-state index in [2.05, 4.69) is 59.5 Å². The molecule has 0 aromatic heterocycles. The highest BCUT2D eigenvalue weighted by molar-refractivity contribution is 5.15. The van der Waals surface area contributed by atoms with E-state index in [-0.39, 0.29) is 0 Å². The summed E-state index contributed by atoms with van der Waals surface area (Å²) >= 11 is 0. The number of rotatable bonds is 4.